The molecule has 0 fully saturated rings. The van der Waals surface area contributed by atoms with Crippen molar-refractivity contribution in [3.05, 3.63) is 277 Å². The number of nitrogens with zero attached hydrogens (tertiary/aromatic N) is 2. The summed E-state index contributed by atoms with van der Waals surface area (Å²) in [4.78, 5) is 2.47. The van der Waals surface area contributed by atoms with E-state index in [0.717, 1.165) is 22.7 Å². The molecule has 1 aromatic heterocycles. The van der Waals surface area contributed by atoms with Crippen molar-refractivity contribution in [3.8, 4) is 72.6 Å². The molecule has 352 valence electrons. The van der Waals surface area contributed by atoms with E-state index in [-0.39, 0.29) is 10.8 Å². The Bertz CT molecular complexity index is 4140. The highest BCUT2D eigenvalue weighted by atomic mass is 15.1. The second-order valence-electron chi connectivity index (χ2n) is 21.3. The van der Waals surface area contributed by atoms with Gasteiger partial charge in [-0.05, 0) is 144 Å². The predicted molar refractivity (Wildman–Crippen MR) is 312 cm³/mol. The van der Waals surface area contributed by atoms with Gasteiger partial charge >= 0.3 is 0 Å². The molecule has 0 radical (unpaired) electrons. The van der Waals surface area contributed by atoms with Crippen LogP contribution in [0, 0.1) is 0 Å². The van der Waals surface area contributed by atoms with Gasteiger partial charge in [0.25, 0.3) is 0 Å². The van der Waals surface area contributed by atoms with E-state index < -0.39 is 0 Å². The number of para-hydroxylation sites is 1. The van der Waals surface area contributed by atoms with Gasteiger partial charge in [0.2, 0.25) is 0 Å². The third-order valence-electron chi connectivity index (χ3n) is 16.4. The Hall–Kier alpha value is -8.98. The molecular weight excluding hydrogens is 893 g/mol. The fourth-order valence-corrected chi connectivity index (χ4v) is 12.7. The largest absolute Gasteiger partial charge is 0.310 e. The first-order valence-electron chi connectivity index (χ1n) is 26.0. The van der Waals surface area contributed by atoms with Crippen molar-refractivity contribution < 1.29 is 0 Å². The van der Waals surface area contributed by atoms with Crippen LogP contribution in [0.2, 0.25) is 0 Å². The maximum absolute atomic E-state index is 2.50. The summed E-state index contributed by atoms with van der Waals surface area (Å²) in [5.41, 5.74) is 25.7. The van der Waals surface area contributed by atoms with Gasteiger partial charge in [0, 0.05) is 49.9 Å². The minimum absolute atomic E-state index is 0.126. The molecule has 2 aliphatic rings. The number of hydrogen-bond donors (Lipinski definition) is 0. The lowest BCUT2D eigenvalue weighted by molar-refractivity contribution is 0.660. The highest BCUT2D eigenvalue weighted by molar-refractivity contribution is 6.20. The van der Waals surface area contributed by atoms with Crippen molar-refractivity contribution in [2.24, 2.45) is 0 Å². The molecule has 0 atom stereocenters. The van der Waals surface area contributed by atoms with E-state index in [4.69, 9.17) is 0 Å². The Morgan fingerprint density at radius 2 is 0.743 bits per heavy atom. The molecule has 11 aromatic carbocycles. The number of rotatable bonds is 8. The highest BCUT2D eigenvalue weighted by Crippen LogP contribution is 2.55. The Balaban J connectivity index is 0.927. The molecule has 2 heteroatoms. The SMILES string of the molecule is CC1(C)c2ccccc2-c2ccc(N(c3ccc(-c4ccccc4)cc3)c3ccc4c(c3)C(C)(C)c3cc(-c5cc6c(-c7ccccc7)c(-c7ccccc7)n(-c7ccccc7)c6c6ccccc56)ccc3-4)cc21. The zero-order valence-corrected chi connectivity index (χ0v) is 42.1. The van der Waals surface area contributed by atoms with Gasteiger partial charge < -0.3 is 9.47 Å². The van der Waals surface area contributed by atoms with Crippen LogP contribution < -0.4 is 4.90 Å². The highest BCUT2D eigenvalue weighted by Gasteiger charge is 2.38. The first kappa shape index (κ1) is 43.8. The first-order valence-corrected chi connectivity index (χ1v) is 26.0. The van der Waals surface area contributed by atoms with E-state index in [1.807, 2.05) is 0 Å². The van der Waals surface area contributed by atoms with E-state index in [1.54, 1.807) is 0 Å². The lowest BCUT2D eigenvalue weighted by atomic mass is 9.81. The Morgan fingerprint density at radius 1 is 0.297 bits per heavy atom. The third kappa shape index (κ3) is 6.71. The van der Waals surface area contributed by atoms with Crippen LogP contribution in [0.25, 0.3) is 94.3 Å². The zero-order chi connectivity index (χ0) is 49.7. The molecule has 0 amide bonds. The molecular formula is C72H54N2. The smallest absolute Gasteiger partial charge is 0.0620 e. The summed E-state index contributed by atoms with van der Waals surface area (Å²) < 4.78 is 2.50. The van der Waals surface area contributed by atoms with Gasteiger partial charge in [-0.15, -0.1) is 0 Å². The van der Waals surface area contributed by atoms with Gasteiger partial charge in [0.15, 0.2) is 0 Å². The van der Waals surface area contributed by atoms with Crippen LogP contribution in [-0.4, -0.2) is 4.57 Å². The second-order valence-corrected chi connectivity index (χ2v) is 21.3. The molecule has 14 rings (SSSR count). The number of anilines is 3. The minimum Gasteiger partial charge on any atom is -0.310 e. The molecule has 0 spiro atoms. The van der Waals surface area contributed by atoms with E-state index >= 15 is 0 Å². The predicted octanol–water partition coefficient (Wildman–Crippen LogP) is 19.5. The fraction of sp³-hybridized carbons (Fsp3) is 0.0833. The average molecular weight is 947 g/mol. The molecule has 0 saturated carbocycles. The molecule has 0 bridgehead atoms. The second kappa shape index (κ2) is 16.8. The molecule has 74 heavy (non-hydrogen) atoms. The molecule has 0 saturated heterocycles. The molecule has 12 aromatic rings. The first-order chi connectivity index (χ1) is 36.2. The van der Waals surface area contributed by atoms with Gasteiger partial charge in [-0.1, -0.05) is 222 Å². The van der Waals surface area contributed by atoms with Crippen molar-refractivity contribution in [1.82, 2.24) is 4.57 Å². The molecule has 0 aliphatic heterocycles. The van der Waals surface area contributed by atoms with Crippen LogP contribution >= 0.6 is 0 Å². The van der Waals surface area contributed by atoms with Crippen molar-refractivity contribution >= 4 is 38.7 Å². The summed E-state index contributed by atoms with van der Waals surface area (Å²) in [6.07, 6.45) is 0. The van der Waals surface area contributed by atoms with Crippen LogP contribution in [0.5, 0.6) is 0 Å². The van der Waals surface area contributed by atoms with E-state index in [9.17, 15) is 0 Å². The van der Waals surface area contributed by atoms with Gasteiger partial charge in [-0.2, -0.15) is 0 Å². The van der Waals surface area contributed by atoms with Crippen LogP contribution in [0.1, 0.15) is 49.9 Å². The van der Waals surface area contributed by atoms with Gasteiger partial charge in [0.05, 0.1) is 11.2 Å². The van der Waals surface area contributed by atoms with Crippen LogP contribution in [0.4, 0.5) is 17.1 Å². The summed E-state index contributed by atoms with van der Waals surface area (Å²) in [6, 6.07) is 94.5. The van der Waals surface area contributed by atoms with Crippen molar-refractivity contribution in [1.29, 1.82) is 0 Å². The minimum atomic E-state index is -0.284. The summed E-state index contributed by atoms with van der Waals surface area (Å²) in [5, 5.41) is 3.70. The third-order valence-corrected chi connectivity index (χ3v) is 16.4. The maximum atomic E-state index is 2.50. The van der Waals surface area contributed by atoms with E-state index in [1.165, 1.54) is 111 Å². The van der Waals surface area contributed by atoms with Gasteiger partial charge in [0.1, 0.15) is 0 Å². The van der Waals surface area contributed by atoms with Gasteiger partial charge in [-0.25, -0.2) is 0 Å². The number of fused-ring (bicyclic) bond motifs is 9. The molecule has 0 unspecified atom stereocenters. The van der Waals surface area contributed by atoms with Crippen LogP contribution in [0.3, 0.4) is 0 Å². The number of benzene rings is 11. The Kier molecular flexibility index (Phi) is 9.94. The van der Waals surface area contributed by atoms with Crippen LogP contribution in [0.15, 0.2) is 255 Å². The summed E-state index contributed by atoms with van der Waals surface area (Å²) in [7, 11) is 0. The molecule has 0 N–H and O–H groups in total. The van der Waals surface area contributed by atoms with Crippen LogP contribution in [-0.2, 0) is 10.8 Å². The topological polar surface area (TPSA) is 8.17 Å². The Labute approximate surface area is 434 Å². The lowest BCUT2D eigenvalue weighted by Crippen LogP contribution is -2.18. The fourth-order valence-electron chi connectivity index (χ4n) is 12.7. The van der Waals surface area contributed by atoms with Crippen molar-refractivity contribution in [3.63, 3.8) is 0 Å². The molecule has 2 nitrogen and oxygen atoms in total. The van der Waals surface area contributed by atoms with E-state index in [2.05, 4.69) is 292 Å². The number of aromatic nitrogens is 1. The summed E-state index contributed by atoms with van der Waals surface area (Å²) in [6.45, 7) is 9.58. The zero-order valence-electron chi connectivity index (χ0n) is 42.1. The average Bonchev–Trinajstić information content (AvgIpc) is 4.02. The standard InChI is InChI=1S/C72H54N2/c1-71(2)64-32-20-19-30-57(64)59-41-38-54(44-66(59)71)73(53-36-33-48(34-37-53)47-21-9-5-10-22-47)55-39-42-60-58-40-35-51(43-65(58)72(3,4)67(60)45-55)62-46-63-68(49-23-11-6-12-24-49)69(50-25-13-7-14-26-50)74(52-27-15-8-16-28-52)70(63)61-31-18-17-29-56(61)62/h5-46H,1-4H3. The summed E-state index contributed by atoms with van der Waals surface area (Å²) >= 11 is 0. The monoisotopic (exact) mass is 946 g/mol. The number of hydrogen-bond acceptors (Lipinski definition) is 1. The van der Waals surface area contributed by atoms with Crippen molar-refractivity contribution in [2.75, 3.05) is 4.90 Å². The summed E-state index contributed by atoms with van der Waals surface area (Å²) in [5.74, 6) is 0. The maximum Gasteiger partial charge on any atom is 0.0620 e. The molecule has 2 aliphatic carbocycles. The normalized spacial score (nSPS) is 13.6. The molecule has 1 heterocycles. The Morgan fingerprint density at radius 3 is 1.38 bits per heavy atom. The van der Waals surface area contributed by atoms with Gasteiger partial charge in [-0.3, -0.25) is 0 Å². The lowest BCUT2D eigenvalue weighted by Gasteiger charge is -2.30. The van der Waals surface area contributed by atoms with E-state index in [0.29, 0.717) is 0 Å². The quantitative estimate of drug-likeness (QED) is 0.147. The van der Waals surface area contributed by atoms with Crippen molar-refractivity contribution in [2.45, 2.75) is 38.5 Å².